The van der Waals surface area contributed by atoms with Crippen molar-refractivity contribution in [2.45, 2.75) is 6.42 Å². The van der Waals surface area contributed by atoms with E-state index in [4.69, 9.17) is 9.47 Å². The fourth-order valence-corrected chi connectivity index (χ4v) is 2.12. The van der Waals surface area contributed by atoms with Crippen LogP contribution in [0.4, 0.5) is 11.4 Å². The number of rotatable bonds is 4. The van der Waals surface area contributed by atoms with E-state index >= 15 is 0 Å². The third-order valence-electron chi connectivity index (χ3n) is 3.01. The summed E-state index contributed by atoms with van der Waals surface area (Å²) >= 11 is 0. The molecule has 0 amide bonds. The number of benzene rings is 1. The van der Waals surface area contributed by atoms with Crippen molar-refractivity contribution in [3.63, 3.8) is 0 Å². The predicted octanol–water partition coefficient (Wildman–Crippen LogP) is 2.32. The molecule has 0 N–H and O–H groups in total. The first kappa shape index (κ1) is 13.9. The lowest BCUT2D eigenvalue weighted by Gasteiger charge is -2.14. The van der Waals surface area contributed by atoms with Crippen LogP contribution in [-0.2, 0) is 4.74 Å². The lowest BCUT2D eigenvalue weighted by atomic mass is 9.98. The van der Waals surface area contributed by atoms with Crippen LogP contribution in [-0.4, -0.2) is 30.2 Å². The Kier molecular flexibility index (Phi) is 3.94. The molecule has 0 saturated carbocycles. The van der Waals surface area contributed by atoms with Crippen molar-refractivity contribution in [2.75, 3.05) is 20.3 Å². The van der Waals surface area contributed by atoms with Gasteiger partial charge in [0.15, 0.2) is 0 Å². The van der Waals surface area contributed by atoms with Gasteiger partial charge in [0.1, 0.15) is 0 Å². The smallest absolute Gasteiger partial charge is 0.387 e. The van der Waals surface area contributed by atoms with Crippen LogP contribution in [0.15, 0.2) is 18.2 Å². The van der Waals surface area contributed by atoms with Gasteiger partial charge in [-0.2, -0.15) is 0 Å². The lowest BCUT2D eigenvalue weighted by Crippen LogP contribution is -2.07. The van der Waals surface area contributed by atoms with Gasteiger partial charge in [0, 0.05) is 0 Å². The van der Waals surface area contributed by atoms with Crippen molar-refractivity contribution >= 4 is 16.9 Å². The molecule has 1 heterocycles. The molecule has 20 heavy (non-hydrogen) atoms. The summed E-state index contributed by atoms with van der Waals surface area (Å²) in [5.74, 6) is -0.127. The second-order valence-electron chi connectivity index (χ2n) is 4.08. The first-order valence-electron chi connectivity index (χ1n) is 5.83. The third kappa shape index (κ3) is 2.45. The number of nitro benzene ring substituents is 2. The molecule has 1 aromatic carbocycles. The number of nitro groups is 2. The fraction of sp³-hybridized carbons (Fsp3) is 0.333. The molecule has 0 fully saturated rings. The molecule has 0 bridgehead atoms. The van der Waals surface area contributed by atoms with Gasteiger partial charge >= 0.3 is 11.4 Å². The van der Waals surface area contributed by atoms with Gasteiger partial charge in [-0.25, -0.2) is 0 Å². The van der Waals surface area contributed by atoms with Gasteiger partial charge in [-0.3, -0.25) is 20.2 Å². The molecule has 8 heteroatoms. The SMILES string of the molecule is COc1ccc(C2=CCOCC2)c([N+](=O)[O-])c1[N+](=O)[O-]. The highest BCUT2D eigenvalue weighted by Crippen LogP contribution is 2.42. The van der Waals surface area contributed by atoms with E-state index in [1.807, 2.05) is 0 Å². The molecule has 0 radical (unpaired) electrons. The van der Waals surface area contributed by atoms with Crippen LogP contribution < -0.4 is 4.74 Å². The van der Waals surface area contributed by atoms with E-state index in [-0.39, 0.29) is 11.3 Å². The van der Waals surface area contributed by atoms with Crippen LogP contribution in [0.1, 0.15) is 12.0 Å². The molecule has 0 atom stereocenters. The van der Waals surface area contributed by atoms with Gasteiger partial charge in [-0.1, -0.05) is 6.08 Å². The normalized spacial score (nSPS) is 14.6. The Morgan fingerprint density at radius 2 is 1.90 bits per heavy atom. The summed E-state index contributed by atoms with van der Waals surface area (Å²) in [5.41, 5.74) is -0.246. The number of hydrogen-bond acceptors (Lipinski definition) is 6. The number of methoxy groups -OCH3 is 1. The Balaban J connectivity index is 2.69. The zero-order valence-corrected chi connectivity index (χ0v) is 10.7. The van der Waals surface area contributed by atoms with Gasteiger partial charge < -0.3 is 9.47 Å². The van der Waals surface area contributed by atoms with Crippen LogP contribution in [0.2, 0.25) is 0 Å². The number of nitrogens with zero attached hydrogens (tertiary/aromatic N) is 2. The monoisotopic (exact) mass is 280 g/mol. The first-order chi connectivity index (χ1) is 9.56. The van der Waals surface area contributed by atoms with Gasteiger partial charge in [0.05, 0.1) is 35.7 Å². The van der Waals surface area contributed by atoms with E-state index in [9.17, 15) is 20.2 Å². The molecular weight excluding hydrogens is 268 g/mol. The maximum absolute atomic E-state index is 11.2. The third-order valence-corrected chi connectivity index (χ3v) is 3.01. The zero-order chi connectivity index (χ0) is 14.7. The van der Waals surface area contributed by atoms with Gasteiger partial charge in [0.25, 0.3) is 0 Å². The van der Waals surface area contributed by atoms with Crippen LogP contribution in [0.25, 0.3) is 5.57 Å². The molecule has 1 aliphatic heterocycles. The molecular formula is C12H12N2O6. The molecule has 1 aliphatic rings. The molecule has 106 valence electrons. The average Bonchev–Trinajstić information content (AvgIpc) is 2.46. The van der Waals surface area contributed by atoms with Crippen LogP contribution >= 0.6 is 0 Å². The van der Waals surface area contributed by atoms with E-state index < -0.39 is 21.2 Å². The Hall–Kier alpha value is -2.48. The Morgan fingerprint density at radius 3 is 2.40 bits per heavy atom. The minimum Gasteiger partial charge on any atom is -0.490 e. The van der Waals surface area contributed by atoms with Crippen LogP contribution in [0.5, 0.6) is 5.75 Å². The topological polar surface area (TPSA) is 105 Å². The van der Waals surface area contributed by atoms with Gasteiger partial charge in [-0.15, -0.1) is 0 Å². The van der Waals surface area contributed by atoms with E-state index in [0.29, 0.717) is 25.2 Å². The summed E-state index contributed by atoms with van der Waals surface area (Å²) in [7, 11) is 1.24. The molecule has 0 aromatic heterocycles. The summed E-state index contributed by atoms with van der Waals surface area (Å²) in [5, 5.41) is 22.4. The van der Waals surface area contributed by atoms with Crippen molar-refractivity contribution < 1.29 is 19.3 Å². The maximum Gasteiger partial charge on any atom is 0.387 e. The quantitative estimate of drug-likeness (QED) is 0.619. The molecule has 0 unspecified atom stereocenters. The summed E-state index contributed by atoms with van der Waals surface area (Å²) in [6, 6.07) is 2.85. The van der Waals surface area contributed by atoms with Crippen molar-refractivity contribution in [3.8, 4) is 5.75 Å². The van der Waals surface area contributed by atoms with Crippen LogP contribution in [0, 0.1) is 20.2 Å². The van der Waals surface area contributed by atoms with Crippen molar-refractivity contribution in [3.05, 3.63) is 44.0 Å². The summed E-state index contributed by atoms with van der Waals surface area (Å²) in [6.45, 7) is 0.773. The molecule has 0 aliphatic carbocycles. The number of hydrogen-bond donors (Lipinski definition) is 0. The lowest BCUT2D eigenvalue weighted by molar-refractivity contribution is -0.423. The second kappa shape index (κ2) is 5.66. The second-order valence-corrected chi connectivity index (χ2v) is 4.08. The predicted molar refractivity (Wildman–Crippen MR) is 69.7 cm³/mol. The minimum atomic E-state index is -0.791. The van der Waals surface area contributed by atoms with Crippen molar-refractivity contribution in [1.29, 1.82) is 0 Å². The van der Waals surface area contributed by atoms with E-state index in [2.05, 4.69) is 0 Å². The molecule has 1 aromatic rings. The van der Waals surface area contributed by atoms with Crippen LogP contribution in [0.3, 0.4) is 0 Å². The highest BCUT2D eigenvalue weighted by molar-refractivity contribution is 5.80. The van der Waals surface area contributed by atoms with E-state index in [1.54, 1.807) is 6.08 Å². The highest BCUT2D eigenvalue weighted by atomic mass is 16.6. The zero-order valence-electron chi connectivity index (χ0n) is 10.7. The fourth-order valence-electron chi connectivity index (χ4n) is 2.12. The summed E-state index contributed by atoms with van der Waals surface area (Å²) in [6.07, 6.45) is 2.17. The van der Waals surface area contributed by atoms with E-state index in [1.165, 1.54) is 19.2 Å². The molecule has 8 nitrogen and oxygen atoms in total. The van der Waals surface area contributed by atoms with Crippen molar-refractivity contribution in [2.24, 2.45) is 0 Å². The van der Waals surface area contributed by atoms with Crippen molar-refractivity contribution in [1.82, 2.24) is 0 Å². The minimum absolute atomic E-state index is 0.127. The number of ether oxygens (including phenoxy) is 2. The Morgan fingerprint density at radius 1 is 1.20 bits per heavy atom. The maximum atomic E-state index is 11.2. The van der Waals surface area contributed by atoms with E-state index in [0.717, 1.165) is 0 Å². The largest absolute Gasteiger partial charge is 0.490 e. The van der Waals surface area contributed by atoms with Gasteiger partial charge in [0.2, 0.25) is 5.75 Å². The highest BCUT2D eigenvalue weighted by Gasteiger charge is 2.34. The molecule has 0 saturated heterocycles. The summed E-state index contributed by atoms with van der Waals surface area (Å²) in [4.78, 5) is 20.8. The Labute approximate surface area is 113 Å². The summed E-state index contributed by atoms with van der Waals surface area (Å²) < 4.78 is 9.99. The first-order valence-corrected chi connectivity index (χ1v) is 5.83. The standard InChI is InChI=1S/C12H12N2O6/c1-19-10-3-2-9(8-4-6-20-7-5-8)11(13(15)16)12(10)14(17)18/h2-4H,5-7H2,1H3. The van der Waals surface area contributed by atoms with Gasteiger partial charge in [-0.05, 0) is 24.1 Å². The Bertz CT molecular complexity index is 596. The average molecular weight is 280 g/mol. The molecule has 0 spiro atoms. The molecule has 2 rings (SSSR count).